The van der Waals surface area contributed by atoms with Gasteiger partial charge in [-0.25, -0.2) is 13.1 Å². The summed E-state index contributed by atoms with van der Waals surface area (Å²) in [6.45, 7) is 2.28. The lowest BCUT2D eigenvalue weighted by atomic mass is 10.5. The minimum atomic E-state index is -3.01. The minimum Gasteiger partial charge on any atom is -0.215 e. The van der Waals surface area contributed by atoms with Gasteiger partial charge in [-0.1, -0.05) is 6.92 Å². The van der Waals surface area contributed by atoms with E-state index in [-0.39, 0.29) is 5.75 Å². The second kappa shape index (κ2) is 5.80. The number of alkyl halides is 1. The highest BCUT2D eigenvalue weighted by atomic mass is 35.5. The predicted molar refractivity (Wildman–Crippen MR) is 47.4 cm³/mol. The molecule has 0 fully saturated rings. The van der Waals surface area contributed by atoms with Gasteiger partial charge in [0.1, 0.15) is 0 Å². The standard InChI is InChI=1S/C6H14ClNO2S/c1-2-6-11(9,10)8-5-3-4-7/h8H,2-6H2,1H3. The zero-order valence-corrected chi connectivity index (χ0v) is 8.21. The zero-order valence-electron chi connectivity index (χ0n) is 6.64. The van der Waals surface area contributed by atoms with Crippen LogP contribution in [0.15, 0.2) is 0 Å². The topological polar surface area (TPSA) is 46.2 Å². The van der Waals surface area contributed by atoms with Gasteiger partial charge in [-0.2, -0.15) is 0 Å². The molecule has 0 saturated carbocycles. The summed E-state index contributed by atoms with van der Waals surface area (Å²) in [5, 5.41) is 0. The molecule has 0 aliphatic heterocycles. The quantitative estimate of drug-likeness (QED) is 0.512. The lowest BCUT2D eigenvalue weighted by Gasteiger charge is -2.02. The van der Waals surface area contributed by atoms with E-state index in [0.717, 1.165) is 0 Å². The van der Waals surface area contributed by atoms with Crippen molar-refractivity contribution in [3.8, 4) is 0 Å². The maximum absolute atomic E-state index is 11.0. The second-order valence-electron chi connectivity index (χ2n) is 2.26. The molecular formula is C6H14ClNO2S. The van der Waals surface area contributed by atoms with Crippen LogP contribution in [0.4, 0.5) is 0 Å². The Morgan fingerprint density at radius 2 is 2.09 bits per heavy atom. The van der Waals surface area contributed by atoms with Crippen LogP contribution in [-0.4, -0.2) is 26.6 Å². The molecule has 0 amide bonds. The van der Waals surface area contributed by atoms with Gasteiger partial charge in [0.25, 0.3) is 0 Å². The van der Waals surface area contributed by atoms with E-state index in [1.165, 1.54) is 0 Å². The van der Waals surface area contributed by atoms with E-state index in [2.05, 4.69) is 4.72 Å². The molecule has 5 heteroatoms. The SMILES string of the molecule is CCCS(=O)(=O)NCCCCl. The maximum Gasteiger partial charge on any atom is 0.211 e. The summed E-state index contributed by atoms with van der Waals surface area (Å²) in [5.74, 6) is 0.698. The first-order valence-corrected chi connectivity index (χ1v) is 5.84. The highest BCUT2D eigenvalue weighted by molar-refractivity contribution is 7.89. The van der Waals surface area contributed by atoms with E-state index in [9.17, 15) is 8.42 Å². The van der Waals surface area contributed by atoms with Crippen molar-refractivity contribution in [1.29, 1.82) is 0 Å². The number of nitrogens with one attached hydrogen (secondary N) is 1. The van der Waals surface area contributed by atoms with Gasteiger partial charge >= 0.3 is 0 Å². The number of hydrogen-bond acceptors (Lipinski definition) is 2. The largest absolute Gasteiger partial charge is 0.215 e. The van der Waals surface area contributed by atoms with Crippen LogP contribution in [0.2, 0.25) is 0 Å². The normalized spacial score (nSPS) is 11.8. The van der Waals surface area contributed by atoms with Crippen molar-refractivity contribution in [2.75, 3.05) is 18.2 Å². The lowest BCUT2D eigenvalue weighted by molar-refractivity contribution is 0.579. The summed E-state index contributed by atoms with van der Waals surface area (Å²) < 4.78 is 24.4. The Kier molecular flexibility index (Phi) is 5.91. The van der Waals surface area contributed by atoms with Gasteiger partial charge in [0.15, 0.2) is 0 Å². The Labute approximate surface area is 73.2 Å². The van der Waals surface area contributed by atoms with Crippen LogP contribution >= 0.6 is 11.6 Å². The Hall–Kier alpha value is 0.200. The zero-order chi connectivity index (χ0) is 8.74. The first-order valence-electron chi connectivity index (χ1n) is 3.65. The van der Waals surface area contributed by atoms with Gasteiger partial charge in [0, 0.05) is 12.4 Å². The lowest BCUT2D eigenvalue weighted by Crippen LogP contribution is -2.27. The van der Waals surface area contributed by atoms with Crippen molar-refractivity contribution in [3.05, 3.63) is 0 Å². The van der Waals surface area contributed by atoms with E-state index >= 15 is 0 Å². The van der Waals surface area contributed by atoms with Gasteiger partial charge in [-0.3, -0.25) is 0 Å². The summed E-state index contributed by atoms with van der Waals surface area (Å²) in [6, 6.07) is 0. The van der Waals surface area contributed by atoms with E-state index in [4.69, 9.17) is 11.6 Å². The Morgan fingerprint density at radius 3 is 2.55 bits per heavy atom. The molecule has 0 atom stereocenters. The fraction of sp³-hybridized carbons (Fsp3) is 1.00. The number of halogens is 1. The first kappa shape index (κ1) is 11.2. The molecule has 0 aliphatic rings. The molecule has 3 nitrogen and oxygen atoms in total. The van der Waals surface area contributed by atoms with Crippen LogP contribution in [0.1, 0.15) is 19.8 Å². The number of sulfonamides is 1. The van der Waals surface area contributed by atoms with Crippen LogP contribution < -0.4 is 4.72 Å². The summed E-state index contributed by atoms with van der Waals surface area (Å²) in [4.78, 5) is 0. The summed E-state index contributed by atoms with van der Waals surface area (Å²) in [5.41, 5.74) is 0. The van der Waals surface area contributed by atoms with Gasteiger partial charge in [0.05, 0.1) is 5.75 Å². The third-order valence-electron chi connectivity index (χ3n) is 1.11. The van der Waals surface area contributed by atoms with E-state index in [0.29, 0.717) is 25.3 Å². The molecule has 0 spiro atoms. The van der Waals surface area contributed by atoms with Crippen molar-refractivity contribution in [2.24, 2.45) is 0 Å². The number of rotatable bonds is 6. The molecule has 11 heavy (non-hydrogen) atoms. The van der Waals surface area contributed by atoms with Crippen molar-refractivity contribution in [3.63, 3.8) is 0 Å². The molecule has 0 rings (SSSR count). The van der Waals surface area contributed by atoms with E-state index < -0.39 is 10.0 Å². The second-order valence-corrected chi connectivity index (χ2v) is 4.56. The molecule has 0 bridgehead atoms. The smallest absolute Gasteiger partial charge is 0.211 e. The molecule has 0 aliphatic carbocycles. The molecule has 0 unspecified atom stereocenters. The fourth-order valence-corrected chi connectivity index (χ4v) is 1.91. The molecule has 0 heterocycles. The third kappa shape index (κ3) is 6.59. The molecule has 0 radical (unpaired) electrons. The van der Waals surface area contributed by atoms with Gasteiger partial charge in [0.2, 0.25) is 10.0 Å². The van der Waals surface area contributed by atoms with Crippen LogP contribution in [0, 0.1) is 0 Å². The third-order valence-corrected chi connectivity index (χ3v) is 2.96. The highest BCUT2D eigenvalue weighted by Gasteiger charge is 2.05. The van der Waals surface area contributed by atoms with Crippen molar-refractivity contribution in [1.82, 2.24) is 4.72 Å². The van der Waals surface area contributed by atoms with Crippen molar-refractivity contribution < 1.29 is 8.42 Å². The van der Waals surface area contributed by atoms with E-state index in [1.807, 2.05) is 6.92 Å². The Balaban J connectivity index is 3.56. The first-order chi connectivity index (χ1) is 5.12. The molecule has 0 saturated heterocycles. The summed E-state index contributed by atoms with van der Waals surface area (Å²) in [6.07, 6.45) is 1.33. The maximum atomic E-state index is 11.0. The molecule has 68 valence electrons. The van der Waals surface area contributed by atoms with E-state index in [1.54, 1.807) is 0 Å². The Morgan fingerprint density at radius 1 is 1.45 bits per heavy atom. The minimum absolute atomic E-state index is 0.204. The average molecular weight is 200 g/mol. The molecule has 0 aromatic rings. The molecule has 1 N–H and O–H groups in total. The van der Waals surface area contributed by atoms with Crippen molar-refractivity contribution in [2.45, 2.75) is 19.8 Å². The fourth-order valence-electron chi connectivity index (χ4n) is 0.635. The summed E-state index contributed by atoms with van der Waals surface area (Å²) in [7, 11) is -3.01. The summed E-state index contributed by atoms with van der Waals surface area (Å²) >= 11 is 5.37. The van der Waals surface area contributed by atoms with Gasteiger partial charge < -0.3 is 0 Å². The average Bonchev–Trinajstić information content (AvgIpc) is 1.87. The monoisotopic (exact) mass is 199 g/mol. The molecule has 0 aromatic heterocycles. The molecular weight excluding hydrogens is 186 g/mol. The number of hydrogen-bond donors (Lipinski definition) is 1. The van der Waals surface area contributed by atoms with Crippen LogP contribution in [-0.2, 0) is 10.0 Å². The molecule has 0 aromatic carbocycles. The van der Waals surface area contributed by atoms with Crippen molar-refractivity contribution >= 4 is 21.6 Å². The van der Waals surface area contributed by atoms with Gasteiger partial charge in [-0.15, -0.1) is 11.6 Å². The van der Waals surface area contributed by atoms with Crippen LogP contribution in [0.3, 0.4) is 0 Å². The predicted octanol–water partition coefficient (Wildman–Crippen LogP) is 0.945. The highest BCUT2D eigenvalue weighted by Crippen LogP contribution is 1.89. The van der Waals surface area contributed by atoms with Crippen LogP contribution in [0.5, 0.6) is 0 Å². The van der Waals surface area contributed by atoms with Crippen LogP contribution in [0.25, 0.3) is 0 Å². The van der Waals surface area contributed by atoms with Gasteiger partial charge in [-0.05, 0) is 12.8 Å². The Bertz CT molecular complexity index is 179.